The molecule has 0 unspecified atom stereocenters. The predicted molar refractivity (Wildman–Crippen MR) is 82.8 cm³/mol. The van der Waals surface area contributed by atoms with Crippen LogP contribution in [0.15, 0.2) is 12.1 Å². The summed E-state index contributed by atoms with van der Waals surface area (Å²) in [6.45, 7) is 9.68. The summed E-state index contributed by atoms with van der Waals surface area (Å²) < 4.78 is 5.35. The van der Waals surface area contributed by atoms with Gasteiger partial charge in [0.05, 0.1) is 4.88 Å². The number of thiophene rings is 1. The van der Waals surface area contributed by atoms with E-state index in [0.717, 1.165) is 9.75 Å². The molecule has 1 fully saturated rings. The molecule has 0 saturated carbocycles. The Morgan fingerprint density at radius 2 is 1.67 bits per heavy atom. The average Bonchev–Trinajstić information content (AvgIpc) is 2.83. The molecule has 5 nitrogen and oxygen atoms in total. The first-order chi connectivity index (χ1) is 9.76. The maximum absolute atomic E-state index is 12.3. The van der Waals surface area contributed by atoms with E-state index in [1.54, 1.807) is 9.80 Å². The molecule has 2 heterocycles. The van der Waals surface area contributed by atoms with Gasteiger partial charge in [-0.3, -0.25) is 4.79 Å². The number of carbonyl (C=O) groups is 2. The molecule has 0 spiro atoms. The normalized spacial score (nSPS) is 16.0. The highest BCUT2D eigenvalue weighted by Crippen LogP contribution is 2.18. The molecule has 116 valence electrons. The van der Waals surface area contributed by atoms with Crippen LogP contribution in [0.2, 0.25) is 0 Å². The first-order valence-corrected chi connectivity index (χ1v) is 7.91. The monoisotopic (exact) mass is 310 g/mol. The number of rotatable bonds is 1. The van der Waals surface area contributed by atoms with Crippen molar-refractivity contribution in [1.29, 1.82) is 0 Å². The van der Waals surface area contributed by atoms with Crippen LogP contribution in [0.4, 0.5) is 4.79 Å². The fourth-order valence-electron chi connectivity index (χ4n) is 2.12. The molecule has 1 saturated heterocycles. The molecule has 1 aliphatic heterocycles. The van der Waals surface area contributed by atoms with Crippen LogP contribution < -0.4 is 0 Å². The standard InChI is InChI=1S/C15H22N2O3S/c1-11-5-6-12(21-11)13(18)16-7-9-17(10-8-16)14(19)20-15(2,3)4/h5-6H,7-10H2,1-4H3. The van der Waals surface area contributed by atoms with Gasteiger partial charge in [-0.1, -0.05) is 0 Å². The van der Waals surface area contributed by atoms with Crippen LogP contribution in [0, 0.1) is 6.92 Å². The van der Waals surface area contributed by atoms with E-state index < -0.39 is 5.60 Å². The fraction of sp³-hybridized carbons (Fsp3) is 0.600. The van der Waals surface area contributed by atoms with Gasteiger partial charge in [0.2, 0.25) is 0 Å². The molecular weight excluding hydrogens is 288 g/mol. The second kappa shape index (κ2) is 6.05. The number of piperazine rings is 1. The number of hydrogen-bond acceptors (Lipinski definition) is 4. The second-order valence-electron chi connectivity index (χ2n) is 6.17. The Morgan fingerprint density at radius 1 is 1.10 bits per heavy atom. The van der Waals surface area contributed by atoms with Crippen molar-refractivity contribution in [2.45, 2.75) is 33.3 Å². The lowest BCUT2D eigenvalue weighted by Crippen LogP contribution is -2.51. The summed E-state index contributed by atoms with van der Waals surface area (Å²) in [6, 6.07) is 3.82. The molecule has 0 aromatic carbocycles. The van der Waals surface area contributed by atoms with E-state index in [4.69, 9.17) is 4.74 Å². The second-order valence-corrected chi connectivity index (χ2v) is 7.46. The van der Waals surface area contributed by atoms with Crippen molar-refractivity contribution in [3.8, 4) is 0 Å². The Hall–Kier alpha value is -1.56. The van der Waals surface area contributed by atoms with Crippen LogP contribution in [-0.4, -0.2) is 53.6 Å². The molecular formula is C15H22N2O3S. The number of amides is 2. The Kier molecular flexibility index (Phi) is 4.56. The van der Waals surface area contributed by atoms with Gasteiger partial charge in [-0.05, 0) is 39.8 Å². The van der Waals surface area contributed by atoms with Crippen LogP contribution in [0.5, 0.6) is 0 Å². The first-order valence-electron chi connectivity index (χ1n) is 7.10. The van der Waals surface area contributed by atoms with E-state index in [1.807, 2.05) is 39.8 Å². The largest absolute Gasteiger partial charge is 0.444 e. The Labute approximate surface area is 129 Å². The summed E-state index contributed by atoms with van der Waals surface area (Å²) in [7, 11) is 0. The van der Waals surface area contributed by atoms with Gasteiger partial charge in [0.25, 0.3) is 5.91 Å². The number of aryl methyl sites for hydroxylation is 1. The van der Waals surface area contributed by atoms with Crippen molar-refractivity contribution in [3.63, 3.8) is 0 Å². The van der Waals surface area contributed by atoms with E-state index >= 15 is 0 Å². The zero-order chi connectivity index (χ0) is 15.6. The van der Waals surface area contributed by atoms with Crippen LogP contribution >= 0.6 is 11.3 Å². The molecule has 1 aromatic heterocycles. The summed E-state index contributed by atoms with van der Waals surface area (Å²) >= 11 is 1.51. The smallest absolute Gasteiger partial charge is 0.410 e. The van der Waals surface area contributed by atoms with Crippen molar-refractivity contribution < 1.29 is 14.3 Å². The Balaban J connectivity index is 1.88. The minimum Gasteiger partial charge on any atom is -0.444 e. The summed E-state index contributed by atoms with van der Waals surface area (Å²) in [5.41, 5.74) is -0.488. The molecule has 0 atom stereocenters. The third-order valence-corrected chi connectivity index (χ3v) is 4.16. The molecule has 0 N–H and O–H groups in total. The van der Waals surface area contributed by atoms with Gasteiger partial charge in [0.1, 0.15) is 5.60 Å². The minimum atomic E-state index is -0.488. The van der Waals surface area contributed by atoms with Gasteiger partial charge in [-0.25, -0.2) is 4.79 Å². The van der Waals surface area contributed by atoms with E-state index in [-0.39, 0.29) is 12.0 Å². The molecule has 0 bridgehead atoms. The van der Waals surface area contributed by atoms with Crippen LogP contribution in [-0.2, 0) is 4.74 Å². The number of hydrogen-bond donors (Lipinski definition) is 0. The van der Waals surface area contributed by atoms with Crippen LogP contribution in [0.25, 0.3) is 0 Å². The lowest BCUT2D eigenvalue weighted by atomic mass is 10.2. The first kappa shape index (κ1) is 15.8. The van der Waals surface area contributed by atoms with E-state index in [1.165, 1.54) is 11.3 Å². The van der Waals surface area contributed by atoms with Crippen molar-refractivity contribution in [3.05, 3.63) is 21.9 Å². The third-order valence-electron chi connectivity index (χ3n) is 3.17. The highest BCUT2D eigenvalue weighted by molar-refractivity contribution is 7.13. The van der Waals surface area contributed by atoms with Crippen molar-refractivity contribution >= 4 is 23.3 Å². The maximum atomic E-state index is 12.3. The van der Waals surface area contributed by atoms with E-state index in [0.29, 0.717) is 26.2 Å². The predicted octanol–water partition coefficient (Wildman–Crippen LogP) is 2.75. The van der Waals surface area contributed by atoms with E-state index in [2.05, 4.69) is 0 Å². The lowest BCUT2D eigenvalue weighted by molar-refractivity contribution is 0.0141. The van der Waals surface area contributed by atoms with Crippen molar-refractivity contribution in [2.75, 3.05) is 26.2 Å². The third kappa shape index (κ3) is 4.20. The van der Waals surface area contributed by atoms with E-state index in [9.17, 15) is 9.59 Å². The fourth-order valence-corrected chi connectivity index (χ4v) is 2.96. The van der Waals surface area contributed by atoms with Crippen molar-refractivity contribution in [1.82, 2.24) is 9.80 Å². The number of ether oxygens (including phenoxy) is 1. The summed E-state index contributed by atoms with van der Waals surface area (Å²) in [4.78, 5) is 29.6. The summed E-state index contributed by atoms with van der Waals surface area (Å²) in [6.07, 6.45) is -0.304. The molecule has 2 amide bonds. The van der Waals surface area contributed by atoms with Gasteiger partial charge in [-0.15, -0.1) is 11.3 Å². The summed E-state index contributed by atoms with van der Waals surface area (Å²) in [5.74, 6) is 0.0527. The van der Waals surface area contributed by atoms with Gasteiger partial charge in [0, 0.05) is 31.1 Å². The average molecular weight is 310 g/mol. The van der Waals surface area contributed by atoms with Crippen LogP contribution in [0.1, 0.15) is 35.3 Å². The maximum Gasteiger partial charge on any atom is 0.410 e. The SMILES string of the molecule is Cc1ccc(C(=O)N2CCN(C(=O)OC(C)(C)C)CC2)s1. The number of nitrogens with zero attached hydrogens (tertiary/aromatic N) is 2. The van der Waals surface area contributed by atoms with Gasteiger partial charge < -0.3 is 14.5 Å². The van der Waals surface area contributed by atoms with Crippen LogP contribution in [0.3, 0.4) is 0 Å². The Bertz CT molecular complexity index is 525. The molecule has 21 heavy (non-hydrogen) atoms. The molecule has 0 radical (unpaired) electrons. The van der Waals surface area contributed by atoms with Gasteiger partial charge >= 0.3 is 6.09 Å². The lowest BCUT2D eigenvalue weighted by Gasteiger charge is -2.35. The quantitative estimate of drug-likeness (QED) is 0.801. The van der Waals surface area contributed by atoms with Crippen molar-refractivity contribution in [2.24, 2.45) is 0 Å². The molecule has 1 aromatic rings. The zero-order valence-corrected chi connectivity index (χ0v) is 13.8. The molecule has 2 rings (SSSR count). The summed E-state index contributed by atoms with van der Waals surface area (Å²) in [5, 5.41) is 0. The minimum absolute atomic E-state index is 0.0527. The zero-order valence-electron chi connectivity index (χ0n) is 13.0. The van der Waals surface area contributed by atoms with Gasteiger partial charge in [0.15, 0.2) is 0 Å². The highest BCUT2D eigenvalue weighted by Gasteiger charge is 2.28. The number of carbonyl (C=O) groups excluding carboxylic acids is 2. The Morgan fingerprint density at radius 3 is 2.14 bits per heavy atom. The van der Waals surface area contributed by atoms with Gasteiger partial charge in [-0.2, -0.15) is 0 Å². The molecule has 6 heteroatoms. The molecule has 1 aliphatic rings. The molecule has 0 aliphatic carbocycles. The highest BCUT2D eigenvalue weighted by atomic mass is 32.1. The topological polar surface area (TPSA) is 49.9 Å².